The third-order valence-corrected chi connectivity index (χ3v) is 15.8. The van der Waals surface area contributed by atoms with Crippen molar-refractivity contribution in [2.45, 2.75) is 0 Å². The summed E-state index contributed by atoms with van der Waals surface area (Å²) in [6, 6.07) is 91.4. The Labute approximate surface area is 467 Å². The third kappa shape index (κ3) is 8.57. The van der Waals surface area contributed by atoms with Crippen molar-refractivity contribution < 1.29 is 0 Å². The van der Waals surface area contributed by atoms with Crippen LogP contribution in [0.2, 0.25) is 0 Å². The lowest BCUT2D eigenvalue weighted by molar-refractivity contribution is 1.19. The van der Waals surface area contributed by atoms with E-state index in [0.29, 0.717) is 23.1 Å². The predicted molar refractivity (Wildman–Crippen MR) is 339 cm³/mol. The minimum Gasteiger partial charge on any atom is -0.399 e. The number of hydrogen-bond donors (Lipinski definition) is 3. The maximum absolute atomic E-state index is 6.88. The lowest BCUT2D eigenvalue weighted by atomic mass is 9.90. The molecular weight excluding hydrogens is 987 g/mol. The Morgan fingerprint density at radius 1 is 0.210 bits per heavy atom. The first-order valence-electron chi connectivity index (χ1n) is 27.1. The number of pyridine rings is 2. The second kappa shape index (κ2) is 19.2. The zero-order chi connectivity index (χ0) is 54.1. The molecule has 0 amide bonds. The lowest BCUT2D eigenvalue weighted by Crippen LogP contribution is -1.99. The zero-order valence-electron chi connectivity index (χ0n) is 43.8. The molecule has 3 heterocycles. The normalized spacial score (nSPS) is 11.6. The third-order valence-electron chi connectivity index (χ3n) is 15.8. The van der Waals surface area contributed by atoms with E-state index in [1.807, 2.05) is 24.3 Å². The summed E-state index contributed by atoms with van der Waals surface area (Å²) in [4.78, 5) is 20.3. The van der Waals surface area contributed by atoms with E-state index in [-0.39, 0.29) is 0 Å². The number of nitrogens with zero attached hydrogens (tertiary/aromatic N) is 4. The van der Waals surface area contributed by atoms with Gasteiger partial charge in [0.15, 0.2) is 5.82 Å². The molecule has 15 rings (SSSR count). The summed E-state index contributed by atoms with van der Waals surface area (Å²) in [6.45, 7) is 0. The fraction of sp³-hybridized carbons (Fsp3) is 0. The predicted octanol–water partition coefficient (Wildman–Crippen LogP) is 18.3. The molecule has 7 heteroatoms. The fourth-order valence-corrected chi connectivity index (χ4v) is 11.9. The van der Waals surface area contributed by atoms with E-state index in [1.54, 1.807) is 0 Å². The molecule has 6 N–H and O–H groups in total. The second-order valence-electron chi connectivity index (χ2n) is 20.9. The van der Waals surface area contributed by atoms with Gasteiger partial charge in [-0.3, -0.25) is 0 Å². The molecule has 0 spiro atoms. The van der Waals surface area contributed by atoms with Gasteiger partial charge in [0.1, 0.15) is 11.6 Å². The first-order valence-corrected chi connectivity index (χ1v) is 27.1. The molecule has 0 aliphatic heterocycles. The van der Waals surface area contributed by atoms with Crippen molar-refractivity contribution in [1.82, 2.24) is 19.9 Å². The minimum absolute atomic E-state index is 0.417. The SMILES string of the molecule is Nc1cc(-c2ccc3c(-c4ccc(-c5nc(N)cc(-c6ccc7ccccc7c6)n5)c5ccccc45)cccc3c2)nc(-c2cc(-c3cc(-c4cc(-c5ccc6ccccc6c5)cc(N)n4)c4ccccc4c3)cc3ccccc23)c1. The van der Waals surface area contributed by atoms with Crippen molar-refractivity contribution in [3.05, 3.63) is 261 Å². The summed E-state index contributed by atoms with van der Waals surface area (Å²) < 4.78 is 0. The van der Waals surface area contributed by atoms with E-state index in [1.165, 1.54) is 16.2 Å². The van der Waals surface area contributed by atoms with Crippen LogP contribution in [0.4, 0.5) is 17.3 Å². The van der Waals surface area contributed by atoms with Gasteiger partial charge in [-0.15, -0.1) is 0 Å². The van der Waals surface area contributed by atoms with Gasteiger partial charge < -0.3 is 17.2 Å². The van der Waals surface area contributed by atoms with E-state index >= 15 is 0 Å². The molecule has 81 heavy (non-hydrogen) atoms. The highest BCUT2D eigenvalue weighted by Crippen LogP contribution is 2.43. The van der Waals surface area contributed by atoms with E-state index in [9.17, 15) is 0 Å². The Kier molecular flexibility index (Phi) is 11.2. The van der Waals surface area contributed by atoms with Crippen LogP contribution in [0.1, 0.15) is 0 Å². The molecule has 0 unspecified atom stereocenters. The molecule has 3 aromatic heterocycles. The van der Waals surface area contributed by atoms with Crippen molar-refractivity contribution in [2.75, 3.05) is 17.2 Å². The van der Waals surface area contributed by atoms with Crippen LogP contribution in [0, 0.1) is 0 Å². The van der Waals surface area contributed by atoms with Crippen molar-refractivity contribution in [3.63, 3.8) is 0 Å². The smallest absolute Gasteiger partial charge is 0.162 e. The van der Waals surface area contributed by atoms with Crippen LogP contribution in [0.25, 0.3) is 154 Å². The van der Waals surface area contributed by atoms with E-state index in [0.717, 1.165) is 132 Å². The molecule has 0 bridgehead atoms. The van der Waals surface area contributed by atoms with E-state index in [4.69, 9.17) is 37.1 Å². The van der Waals surface area contributed by atoms with Crippen LogP contribution >= 0.6 is 0 Å². The highest BCUT2D eigenvalue weighted by molar-refractivity contribution is 6.10. The zero-order valence-corrected chi connectivity index (χ0v) is 43.8. The van der Waals surface area contributed by atoms with Gasteiger partial charge >= 0.3 is 0 Å². The van der Waals surface area contributed by atoms with Crippen LogP contribution in [-0.2, 0) is 0 Å². The molecule has 0 aliphatic rings. The highest BCUT2D eigenvalue weighted by atomic mass is 14.9. The number of benzene rings is 12. The Morgan fingerprint density at radius 2 is 0.642 bits per heavy atom. The van der Waals surface area contributed by atoms with Gasteiger partial charge in [0.25, 0.3) is 0 Å². The van der Waals surface area contributed by atoms with E-state index in [2.05, 4.69) is 237 Å². The number of nitrogen functional groups attached to an aromatic ring is 3. The van der Waals surface area contributed by atoms with Gasteiger partial charge in [-0.2, -0.15) is 0 Å². The van der Waals surface area contributed by atoms with Crippen LogP contribution < -0.4 is 17.2 Å². The molecule has 12 aromatic carbocycles. The largest absolute Gasteiger partial charge is 0.399 e. The van der Waals surface area contributed by atoms with Crippen molar-refractivity contribution >= 4 is 82.0 Å². The standard InChI is InChI=1S/C74H49N7/c75-57-41-68(53-28-29-60-51(34-53)18-11-23-61(60)64-30-31-65(63-22-10-9-21-62(63)64)74-80-69(43-73(77)81-74)52-27-25-45-13-2-4-15-47(45)33-52)78-71(42-57)67-38-55(36-50-17-6-8-20-59(50)67)54-35-49-16-5-7-19-58(49)66(37-54)70-39-56(40-72(76)79-70)48-26-24-44-12-1-3-14-46(44)32-48/h1-43H,(H2,75,78)(H2,76,79)(H2,77,80,81). The molecule has 0 atom stereocenters. The first kappa shape index (κ1) is 47.2. The molecule has 0 radical (unpaired) electrons. The van der Waals surface area contributed by atoms with E-state index < -0.39 is 0 Å². The number of fused-ring (bicyclic) bond motifs is 6. The van der Waals surface area contributed by atoms with Gasteiger partial charge in [-0.25, -0.2) is 19.9 Å². The minimum atomic E-state index is 0.417. The molecule has 0 fully saturated rings. The van der Waals surface area contributed by atoms with Crippen molar-refractivity contribution in [2.24, 2.45) is 0 Å². The molecule has 0 saturated heterocycles. The number of anilines is 3. The van der Waals surface area contributed by atoms with Gasteiger partial charge in [-0.1, -0.05) is 182 Å². The Bertz CT molecular complexity index is 5060. The topological polar surface area (TPSA) is 130 Å². The summed E-state index contributed by atoms with van der Waals surface area (Å²) in [5.74, 6) is 1.46. The van der Waals surface area contributed by atoms with Gasteiger partial charge in [0.2, 0.25) is 0 Å². The molecule has 380 valence electrons. The van der Waals surface area contributed by atoms with Gasteiger partial charge in [0, 0.05) is 39.6 Å². The molecule has 0 saturated carbocycles. The summed E-state index contributed by atoms with van der Waals surface area (Å²) in [5, 5.41) is 13.4. The Morgan fingerprint density at radius 3 is 1.31 bits per heavy atom. The monoisotopic (exact) mass is 1040 g/mol. The lowest BCUT2D eigenvalue weighted by Gasteiger charge is -2.16. The van der Waals surface area contributed by atoms with Gasteiger partial charge in [-0.05, 0) is 171 Å². The van der Waals surface area contributed by atoms with Crippen LogP contribution in [0.5, 0.6) is 0 Å². The molecule has 7 nitrogen and oxygen atoms in total. The highest BCUT2D eigenvalue weighted by Gasteiger charge is 2.19. The summed E-state index contributed by atoms with van der Waals surface area (Å²) in [5.41, 5.74) is 35.1. The van der Waals surface area contributed by atoms with Crippen molar-refractivity contribution in [3.8, 4) is 89.8 Å². The molecule has 15 aromatic rings. The Hall–Kier alpha value is -11.0. The summed E-state index contributed by atoms with van der Waals surface area (Å²) in [7, 11) is 0. The number of nitrogens with two attached hydrogens (primary N) is 3. The second-order valence-corrected chi connectivity index (χ2v) is 20.9. The molecule has 0 aliphatic carbocycles. The average Bonchev–Trinajstić information content (AvgIpc) is 3.60. The fourth-order valence-electron chi connectivity index (χ4n) is 11.9. The van der Waals surface area contributed by atoms with Crippen LogP contribution in [-0.4, -0.2) is 19.9 Å². The number of aromatic nitrogens is 4. The quantitative estimate of drug-likeness (QED) is 0.138. The molecular formula is C74H49N7. The summed E-state index contributed by atoms with van der Waals surface area (Å²) >= 11 is 0. The maximum atomic E-state index is 6.88. The average molecular weight is 1040 g/mol. The number of rotatable bonds is 8. The van der Waals surface area contributed by atoms with Gasteiger partial charge in [0.05, 0.1) is 22.8 Å². The van der Waals surface area contributed by atoms with Crippen LogP contribution in [0.15, 0.2) is 261 Å². The maximum Gasteiger partial charge on any atom is 0.162 e. The summed E-state index contributed by atoms with van der Waals surface area (Å²) in [6.07, 6.45) is 0. The first-order chi connectivity index (χ1) is 39.8. The van der Waals surface area contributed by atoms with Crippen molar-refractivity contribution in [1.29, 1.82) is 0 Å². The number of hydrogen-bond acceptors (Lipinski definition) is 7. The van der Waals surface area contributed by atoms with Crippen LogP contribution in [0.3, 0.4) is 0 Å². The Balaban J connectivity index is 0.797.